The lowest BCUT2D eigenvalue weighted by Crippen LogP contribution is -2.17. The number of carbonyl (C=O) groups excluding carboxylic acids is 1. The molecule has 0 aliphatic carbocycles. The van der Waals surface area contributed by atoms with Gasteiger partial charge >= 0.3 is 0 Å². The standard InChI is InChI=1S/C22H24N4O2/c27-21(23-16-10-12-17(13-11-16)26-14-3-4-15-26)9-5-8-20-24-19-7-2-1-6-18(19)22(28)25-20/h1-2,6-7,10-13H,3-5,8-9,14-15H2,(H,23,27)(H,24,25,28). The van der Waals surface area contributed by atoms with Gasteiger partial charge in [-0.1, -0.05) is 12.1 Å². The van der Waals surface area contributed by atoms with Crippen LogP contribution in [0.3, 0.4) is 0 Å². The molecule has 6 heteroatoms. The lowest BCUT2D eigenvalue weighted by atomic mass is 10.2. The molecule has 2 N–H and O–H groups in total. The summed E-state index contributed by atoms with van der Waals surface area (Å²) in [6.07, 6.45) is 4.05. The third-order valence-corrected chi connectivity index (χ3v) is 5.10. The highest BCUT2D eigenvalue weighted by Gasteiger charge is 2.12. The summed E-state index contributed by atoms with van der Waals surface area (Å²) in [5.41, 5.74) is 2.57. The molecule has 1 aliphatic rings. The predicted molar refractivity (Wildman–Crippen MR) is 112 cm³/mol. The summed E-state index contributed by atoms with van der Waals surface area (Å²) in [5, 5.41) is 3.52. The fourth-order valence-electron chi connectivity index (χ4n) is 3.62. The van der Waals surface area contributed by atoms with Crippen LogP contribution in [0.15, 0.2) is 53.3 Å². The average molecular weight is 376 g/mol. The number of aryl methyl sites for hydroxylation is 1. The number of anilines is 2. The molecule has 1 aliphatic heterocycles. The Hall–Kier alpha value is -3.15. The number of nitrogens with one attached hydrogen (secondary N) is 2. The number of fused-ring (bicyclic) bond motifs is 1. The van der Waals surface area contributed by atoms with Gasteiger partial charge in [-0.25, -0.2) is 4.98 Å². The molecule has 1 amide bonds. The van der Waals surface area contributed by atoms with Gasteiger partial charge in [-0.05, 0) is 55.7 Å². The van der Waals surface area contributed by atoms with Crippen LogP contribution >= 0.6 is 0 Å². The Morgan fingerprint density at radius 1 is 1.07 bits per heavy atom. The maximum Gasteiger partial charge on any atom is 0.258 e. The average Bonchev–Trinajstić information content (AvgIpc) is 3.23. The fourth-order valence-corrected chi connectivity index (χ4v) is 3.62. The molecule has 0 radical (unpaired) electrons. The molecule has 1 saturated heterocycles. The van der Waals surface area contributed by atoms with Crippen LogP contribution < -0.4 is 15.8 Å². The summed E-state index contributed by atoms with van der Waals surface area (Å²) < 4.78 is 0. The van der Waals surface area contributed by atoms with E-state index in [2.05, 4.69) is 32.3 Å². The number of aromatic amines is 1. The van der Waals surface area contributed by atoms with Crippen LogP contribution in [-0.4, -0.2) is 29.0 Å². The summed E-state index contributed by atoms with van der Waals surface area (Å²) in [7, 11) is 0. The summed E-state index contributed by atoms with van der Waals surface area (Å²) in [5.74, 6) is 0.587. The second-order valence-electron chi connectivity index (χ2n) is 7.17. The highest BCUT2D eigenvalue weighted by Crippen LogP contribution is 2.22. The fraction of sp³-hybridized carbons (Fsp3) is 0.318. The Bertz CT molecular complexity index is 1020. The van der Waals surface area contributed by atoms with Gasteiger partial charge < -0.3 is 15.2 Å². The van der Waals surface area contributed by atoms with E-state index in [0.717, 1.165) is 18.8 Å². The minimum Gasteiger partial charge on any atom is -0.372 e. The quantitative estimate of drug-likeness (QED) is 0.690. The lowest BCUT2D eigenvalue weighted by Gasteiger charge is -2.17. The van der Waals surface area contributed by atoms with E-state index in [1.54, 1.807) is 6.07 Å². The van der Waals surface area contributed by atoms with Crippen molar-refractivity contribution < 1.29 is 4.79 Å². The second-order valence-corrected chi connectivity index (χ2v) is 7.17. The number of rotatable bonds is 6. The molecule has 2 heterocycles. The van der Waals surface area contributed by atoms with Gasteiger partial charge in [-0.15, -0.1) is 0 Å². The third kappa shape index (κ3) is 4.22. The molecule has 0 saturated carbocycles. The van der Waals surface area contributed by atoms with Crippen molar-refractivity contribution in [2.75, 3.05) is 23.3 Å². The van der Waals surface area contributed by atoms with Gasteiger partial charge in [-0.2, -0.15) is 0 Å². The number of carbonyl (C=O) groups is 1. The van der Waals surface area contributed by atoms with Crippen LogP contribution in [0.25, 0.3) is 10.9 Å². The van der Waals surface area contributed by atoms with Gasteiger partial charge in [0.15, 0.2) is 0 Å². The van der Waals surface area contributed by atoms with Crippen molar-refractivity contribution in [1.29, 1.82) is 0 Å². The molecule has 2 aromatic carbocycles. The maximum atomic E-state index is 12.2. The van der Waals surface area contributed by atoms with Gasteiger partial charge in [0.1, 0.15) is 5.82 Å². The zero-order valence-corrected chi connectivity index (χ0v) is 15.8. The minimum absolute atomic E-state index is 0.0305. The van der Waals surface area contributed by atoms with E-state index < -0.39 is 0 Å². The number of para-hydroxylation sites is 1. The first-order valence-corrected chi connectivity index (χ1v) is 9.82. The van der Waals surface area contributed by atoms with Crippen LogP contribution in [0.2, 0.25) is 0 Å². The molecule has 0 atom stereocenters. The van der Waals surface area contributed by atoms with E-state index >= 15 is 0 Å². The zero-order valence-electron chi connectivity index (χ0n) is 15.8. The summed E-state index contributed by atoms with van der Waals surface area (Å²) in [4.78, 5) is 33.9. The van der Waals surface area contributed by atoms with E-state index in [1.807, 2.05) is 30.3 Å². The van der Waals surface area contributed by atoms with E-state index in [1.165, 1.54) is 18.5 Å². The molecular weight excluding hydrogens is 352 g/mol. The molecule has 144 valence electrons. The van der Waals surface area contributed by atoms with Crippen LogP contribution in [-0.2, 0) is 11.2 Å². The maximum absolute atomic E-state index is 12.2. The van der Waals surface area contributed by atoms with E-state index in [9.17, 15) is 9.59 Å². The van der Waals surface area contributed by atoms with Gasteiger partial charge in [0, 0.05) is 37.3 Å². The summed E-state index contributed by atoms with van der Waals surface area (Å²) >= 11 is 0. The smallest absolute Gasteiger partial charge is 0.258 e. The second kappa shape index (κ2) is 8.25. The topological polar surface area (TPSA) is 78.1 Å². The summed E-state index contributed by atoms with van der Waals surface area (Å²) in [6, 6.07) is 15.3. The molecule has 28 heavy (non-hydrogen) atoms. The Morgan fingerprint density at radius 3 is 2.61 bits per heavy atom. The van der Waals surface area contributed by atoms with Crippen molar-refractivity contribution in [3.05, 3.63) is 64.7 Å². The zero-order chi connectivity index (χ0) is 19.3. The van der Waals surface area contributed by atoms with E-state index in [0.29, 0.717) is 36.0 Å². The van der Waals surface area contributed by atoms with Crippen molar-refractivity contribution in [3.8, 4) is 0 Å². The van der Waals surface area contributed by atoms with E-state index in [4.69, 9.17) is 0 Å². The number of nitrogens with zero attached hydrogens (tertiary/aromatic N) is 2. The monoisotopic (exact) mass is 376 g/mol. The van der Waals surface area contributed by atoms with E-state index in [-0.39, 0.29) is 11.5 Å². The molecule has 1 fully saturated rings. The number of hydrogen-bond acceptors (Lipinski definition) is 4. The van der Waals surface area contributed by atoms with Gasteiger partial charge in [0.2, 0.25) is 5.91 Å². The Balaban J connectivity index is 1.29. The van der Waals surface area contributed by atoms with Crippen LogP contribution in [0.5, 0.6) is 0 Å². The van der Waals surface area contributed by atoms with Crippen LogP contribution in [0.4, 0.5) is 11.4 Å². The Morgan fingerprint density at radius 2 is 1.82 bits per heavy atom. The Kier molecular flexibility index (Phi) is 5.37. The molecule has 1 aromatic heterocycles. The van der Waals surface area contributed by atoms with Crippen molar-refractivity contribution in [1.82, 2.24) is 9.97 Å². The molecular formula is C22H24N4O2. The van der Waals surface area contributed by atoms with Gasteiger partial charge in [-0.3, -0.25) is 9.59 Å². The van der Waals surface area contributed by atoms with Gasteiger partial charge in [0.05, 0.1) is 10.9 Å². The first-order valence-electron chi connectivity index (χ1n) is 9.82. The highest BCUT2D eigenvalue weighted by molar-refractivity contribution is 5.90. The molecule has 0 spiro atoms. The SMILES string of the molecule is O=C(CCCc1nc2ccccc2c(=O)[nH]1)Nc1ccc(N2CCCC2)cc1. The Labute approximate surface area is 163 Å². The van der Waals surface area contributed by atoms with Crippen LogP contribution in [0.1, 0.15) is 31.5 Å². The number of aromatic nitrogens is 2. The number of amides is 1. The van der Waals surface area contributed by atoms with Gasteiger partial charge in [0.25, 0.3) is 5.56 Å². The highest BCUT2D eigenvalue weighted by atomic mass is 16.1. The largest absolute Gasteiger partial charge is 0.372 e. The first kappa shape index (κ1) is 18.2. The van der Waals surface area contributed by atoms with Crippen molar-refractivity contribution in [2.45, 2.75) is 32.1 Å². The third-order valence-electron chi connectivity index (χ3n) is 5.10. The molecule has 0 bridgehead atoms. The minimum atomic E-state index is -0.136. The first-order chi connectivity index (χ1) is 13.7. The van der Waals surface area contributed by atoms with Crippen molar-refractivity contribution in [2.24, 2.45) is 0 Å². The summed E-state index contributed by atoms with van der Waals surface area (Å²) in [6.45, 7) is 2.22. The number of hydrogen-bond donors (Lipinski definition) is 2. The molecule has 4 rings (SSSR count). The molecule has 6 nitrogen and oxygen atoms in total. The number of benzene rings is 2. The van der Waals surface area contributed by atoms with Crippen LogP contribution in [0, 0.1) is 0 Å². The molecule has 3 aromatic rings. The predicted octanol–water partition coefficient (Wildman–Crippen LogP) is 3.48. The molecule has 0 unspecified atom stereocenters. The lowest BCUT2D eigenvalue weighted by molar-refractivity contribution is -0.116. The number of H-pyrrole nitrogens is 1. The van der Waals surface area contributed by atoms with Crippen molar-refractivity contribution in [3.63, 3.8) is 0 Å². The normalized spacial score (nSPS) is 13.8. The van der Waals surface area contributed by atoms with Crippen molar-refractivity contribution >= 4 is 28.2 Å².